The van der Waals surface area contributed by atoms with E-state index in [1.54, 1.807) is 24.3 Å². The molecule has 0 aromatic heterocycles. The average Bonchev–Trinajstić information content (AvgIpc) is 2.67. The van der Waals surface area contributed by atoms with Crippen molar-refractivity contribution in [3.8, 4) is 17.2 Å². The number of amides is 1. The van der Waals surface area contributed by atoms with Crippen molar-refractivity contribution in [2.45, 2.75) is 38.0 Å². The maximum Gasteiger partial charge on any atom is 0.387 e. The minimum Gasteiger partial charge on any atom is -0.485 e. The molecule has 2 aromatic carbocycles. The van der Waals surface area contributed by atoms with Crippen molar-refractivity contribution in [1.82, 2.24) is 5.32 Å². The number of carbonyl (C=O) groups excluding carboxylic acids is 1. The predicted octanol–water partition coefficient (Wildman–Crippen LogP) is 3.62. The Morgan fingerprint density at radius 2 is 2.00 bits per heavy atom. The van der Waals surface area contributed by atoms with E-state index in [1.165, 1.54) is 6.07 Å². The third kappa shape index (κ3) is 3.82. The van der Waals surface area contributed by atoms with Crippen molar-refractivity contribution in [2.75, 3.05) is 6.61 Å². The van der Waals surface area contributed by atoms with Crippen LogP contribution in [0.5, 0.6) is 17.2 Å². The molecule has 0 saturated carbocycles. The number of benzene rings is 2. The number of hydrogen-bond acceptors (Lipinski definition) is 4. The molecule has 1 aliphatic heterocycles. The van der Waals surface area contributed by atoms with Crippen LogP contribution < -0.4 is 19.5 Å². The molecule has 0 radical (unpaired) electrons. The van der Waals surface area contributed by atoms with Crippen LogP contribution >= 0.6 is 0 Å². The third-order valence-electron chi connectivity index (χ3n) is 4.77. The lowest BCUT2D eigenvalue weighted by atomic mass is 9.87. The number of aryl methyl sites for hydroxylation is 1. The second-order valence-electron chi connectivity index (χ2n) is 6.56. The van der Waals surface area contributed by atoms with E-state index >= 15 is 0 Å². The molecule has 4 rings (SSSR count). The number of halogens is 2. The van der Waals surface area contributed by atoms with Gasteiger partial charge < -0.3 is 19.5 Å². The Labute approximate surface area is 155 Å². The SMILES string of the molecule is O=C(NC1CCCc2cc(OC(F)F)ccc21)C1COc2ccccc2O1. The van der Waals surface area contributed by atoms with Crippen LogP contribution in [0.4, 0.5) is 8.78 Å². The van der Waals surface area contributed by atoms with E-state index in [-0.39, 0.29) is 24.3 Å². The number of nitrogens with one attached hydrogen (secondary N) is 1. The van der Waals surface area contributed by atoms with Gasteiger partial charge >= 0.3 is 6.61 Å². The molecule has 5 nitrogen and oxygen atoms in total. The first kappa shape index (κ1) is 17.6. The average molecular weight is 375 g/mol. The number of fused-ring (bicyclic) bond motifs is 2. The highest BCUT2D eigenvalue weighted by molar-refractivity contribution is 5.82. The molecule has 0 saturated heterocycles. The second kappa shape index (κ2) is 7.42. The summed E-state index contributed by atoms with van der Waals surface area (Å²) in [4.78, 5) is 12.7. The van der Waals surface area contributed by atoms with Gasteiger partial charge in [-0.15, -0.1) is 0 Å². The van der Waals surface area contributed by atoms with E-state index in [2.05, 4.69) is 10.1 Å². The Morgan fingerprint density at radius 1 is 1.19 bits per heavy atom. The molecule has 2 atom stereocenters. The van der Waals surface area contributed by atoms with Crippen molar-refractivity contribution in [1.29, 1.82) is 0 Å². The number of hydrogen-bond donors (Lipinski definition) is 1. The van der Waals surface area contributed by atoms with Gasteiger partial charge in [-0.3, -0.25) is 4.79 Å². The normalized spacial score (nSPS) is 20.7. The first-order chi connectivity index (χ1) is 13.1. The Kier molecular flexibility index (Phi) is 4.83. The molecule has 2 aromatic rings. The van der Waals surface area contributed by atoms with Crippen LogP contribution in [0, 0.1) is 0 Å². The second-order valence-corrected chi connectivity index (χ2v) is 6.56. The Bertz CT molecular complexity index is 842. The highest BCUT2D eigenvalue weighted by Gasteiger charge is 2.30. The van der Waals surface area contributed by atoms with Crippen LogP contribution in [-0.2, 0) is 11.2 Å². The van der Waals surface area contributed by atoms with Gasteiger partial charge in [-0.25, -0.2) is 0 Å². The molecule has 2 aliphatic rings. The van der Waals surface area contributed by atoms with E-state index < -0.39 is 12.7 Å². The maximum atomic E-state index is 12.7. The molecule has 0 bridgehead atoms. The number of ether oxygens (including phenoxy) is 3. The Balaban J connectivity index is 1.45. The highest BCUT2D eigenvalue weighted by atomic mass is 19.3. The molecular weight excluding hydrogens is 356 g/mol. The van der Waals surface area contributed by atoms with Gasteiger partial charge in [0, 0.05) is 0 Å². The predicted molar refractivity (Wildman–Crippen MR) is 93.2 cm³/mol. The summed E-state index contributed by atoms with van der Waals surface area (Å²) < 4.78 is 40.6. The zero-order chi connectivity index (χ0) is 18.8. The Morgan fingerprint density at radius 3 is 2.81 bits per heavy atom. The van der Waals surface area contributed by atoms with Crippen LogP contribution in [-0.4, -0.2) is 25.2 Å². The summed E-state index contributed by atoms with van der Waals surface area (Å²) in [7, 11) is 0. The number of para-hydroxylation sites is 2. The molecule has 0 fully saturated rings. The van der Waals surface area contributed by atoms with Crippen LogP contribution in [0.2, 0.25) is 0 Å². The zero-order valence-electron chi connectivity index (χ0n) is 14.5. The van der Waals surface area contributed by atoms with E-state index in [4.69, 9.17) is 9.47 Å². The van der Waals surface area contributed by atoms with Gasteiger partial charge in [0.1, 0.15) is 12.4 Å². The standard InChI is InChI=1S/C20H19F2NO4/c21-20(22)26-13-8-9-14-12(10-13)4-3-5-15(14)23-19(24)18-11-25-16-6-1-2-7-17(16)27-18/h1-2,6-10,15,18,20H,3-5,11H2,(H,23,24). The van der Waals surface area contributed by atoms with Crippen LogP contribution in [0.3, 0.4) is 0 Å². The van der Waals surface area contributed by atoms with Gasteiger partial charge in [-0.1, -0.05) is 18.2 Å². The minimum atomic E-state index is -2.85. The first-order valence-corrected chi connectivity index (χ1v) is 8.86. The van der Waals surface area contributed by atoms with Crippen LogP contribution in [0.1, 0.15) is 30.0 Å². The van der Waals surface area contributed by atoms with Gasteiger partial charge in [0.25, 0.3) is 5.91 Å². The van der Waals surface area contributed by atoms with E-state index in [1.807, 2.05) is 12.1 Å². The summed E-state index contributed by atoms with van der Waals surface area (Å²) in [6.07, 6.45) is 1.66. The van der Waals surface area contributed by atoms with Crippen molar-refractivity contribution < 1.29 is 27.8 Å². The number of carbonyl (C=O) groups is 1. The minimum absolute atomic E-state index is 0.136. The summed E-state index contributed by atoms with van der Waals surface area (Å²) in [5.41, 5.74) is 1.84. The maximum absolute atomic E-state index is 12.7. The van der Waals surface area contributed by atoms with Gasteiger partial charge in [0.2, 0.25) is 6.10 Å². The fourth-order valence-electron chi connectivity index (χ4n) is 3.53. The molecule has 1 heterocycles. The quantitative estimate of drug-likeness (QED) is 0.887. The van der Waals surface area contributed by atoms with Gasteiger partial charge in [-0.2, -0.15) is 8.78 Å². The molecular formula is C20H19F2NO4. The van der Waals surface area contributed by atoms with Gasteiger partial charge in [-0.05, 0) is 54.7 Å². The summed E-state index contributed by atoms with van der Waals surface area (Å²) >= 11 is 0. The summed E-state index contributed by atoms with van der Waals surface area (Å²) in [5, 5.41) is 3.00. The van der Waals surface area contributed by atoms with E-state index in [9.17, 15) is 13.6 Å². The lowest BCUT2D eigenvalue weighted by Crippen LogP contribution is -2.45. The lowest BCUT2D eigenvalue weighted by molar-refractivity contribution is -0.131. The fourth-order valence-corrected chi connectivity index (χ4v) is 3.53. The van der Waals surface area contributed by atoms with Crippen molar-refractivity contribution >= 4 is 5.91 Å². The van der Waals surface area contributed by atoms with Crippen molar-refractivity contribution in [3.05, 3.63) is 53.6 Å². The fraction of sp³-hybridized carbons (Fsp3) is 0.350. The topological polar surface area (TPSA) is 56.8 Å². The molecule has 7 heteroatoms. The first-order valence-electron chi connectivity index (χ1n) is 8.86. The number of alkyl halides is 2. The smallest absolute Gasteiger partial charge is 0.387 e. The number of rotatable bonds is 4. The van der Waals surface area contributed by atoms with Crippen molar-refractivity contribution in [3.63, 3.8) is 0 Å². The lowest BCUT2D eigenvalue weighted by Gasteiger charge is -2.30. The largest absolute Gasteiger partial charge is 0.485 e. The molecule has 27 heavy (non-hydrogen) atoms. The van der Waals surface area contributed by atoms with E-state index in [0.29, 0.717) is 11.5 Å². The molecule has 142 valence electrons. The molecule has 1 amide bonds. The third-order valence-corrected chi connectivity index (χ3v) is 4.77. The summed E-state index contributed by atoms with van der Waals surface area (Å²) in [5.74, 6) is 1.05. The van der Waals surface area contributed by atoms with Crippen LogP contribution in [0.25, 0.3) is 0 Å². The highest BCUT2D eigenvalue weighted by Crippen LogP contribution is 2.34. The van der Waals surface area contributed by atoms with Gasteiger partial charge in [0.15, 0.2) is 11.5 Å². The zero-order valence-corrected chi connectivity index (χ0v) is 14.5. The molecule has 1 N–H and O–H groups in total. The van der Waals surface area contributed by atoms with Gasteiger partial charge in [0.05, 0.1) is 6.04 Å². The summed E-state index contributed by atoms with van der Waals surface area (Å²) in [6.45, 7) is -2.71. The molecule has 0 spiro atoms. The molecule has 2 unspecified atom stereocenters. The van der Waals surface area contributed by atoms with E-state index in [0.717, 1.165) is 30.4 Å². The van der Waals surface area contributed by atoms with Crippen molar-refractivity contribution in [2.24, 2.45) is 0 Å². The Hall–Kier alpha value is -2.83. The van der Waals surface area contributed by atoms with Crippen LogP contribution in [0.15, 0.2) is 42.5 Å². The monoisotopic (exact) mass is 375 g/mol. The molecule has 1 aliphatic carbocycles. The summed E-state index contributed by atoms with van der Waals surface area (Å²) in [6, 6.07) is 11.9.